The number of hydrogen-bond acceptors (Lipinski definition) is 3. The smallest absolute Gasteiger partial charge is 0.359 e. The zero-order valence-corrected chi connectivity index (χ0v) is 9.90. The second-order valence-corrected chi connectivity index (χ2v) is 5.49. The molecule has 3 aliphatic carbocycles. The second-order valence-electron chi connectivity index (χ2n) is 5.49. The molecule has 0 saturated heterocycles. The van der Waals surface area contributed by atoms with Crippen molar-refractivity contribution < 1.29 is 9.53 Å². The van der Waals surface area contributed by atoms with Crippen molar-refractivity contribution in [2.24, 2.45) is 17.8 Å². The number of rotatable bonds is 3. The van der Waals surface area contributed by atoms with Crippen molar-refractivity contribution in [2.75, 3.05) is 6.61 Å². The Balaban J connectivity index is 1.60. The zero-order chi connectivity index (χ0) is 11.6. The van der Waals surface area contributed by atoms with Gasteiger partial charge in [0.25, 0.3) is 0 Å². The van der Waals surface area contributed by atoms with Crippen LogP contribution in [0.15, 0.2) is 0 Å². The van der Waals surface area contributed by atoms with Crippen molar-refractivity contribution in [3.05, 3.63) is 17.0 Å². The number of ether oxygens (including phenoxy) is 1. The average Bonchev–Trinajstić information content (AvgIpc) is 3.16. The molecule has 0 spiro atoms. The van der Waals surface area contributed by atoms with Gasteiger partial charge in [-0.05, 0) is 43.9 Å². The van der Waals surface area contributed by atoms with Crippen LogP contribution in [-0.4, -0.2) is 22.8 Å². The van der Waals surface area contributed by atoms with E-state index in [0.29, 0.717) is 18.2 Å². The van der Waals surface area contributed by atoms with Crippen LogP contribution in [0.5, 0.6) is 0 Å². The third kappa shape index (κ3) is 1.24. The molecule has 2 saturated carbocycles. The van der Waals surface area contributed by atoms with E-state index in [1.807, 2.05) is 6.92 Å². The van der Waals surface area contributed by atoms with Crippen molar-refractivity contribution in [2.45, 2.75) is 32.1 Å². The SMILES string of the molecule is CCOC(=O)c1n[nH]c2c1C[C@@H]1[C@H]2[C@@H]1C1CC1. The summed E-state index contributed by atoms with van der Waals surface area (Å²) in [7, 11) is 0. The van der Waals surface area contributed by atoms with Crippen LogP contribution in [0.2, 0.25) is 0 Å². The van der Waals surface area contributed by atoms with Gasteiger partial charge in [-0.3, -0.25) is 5.10 Å². The minimum absolute atomic E-state index is 0.269. The highest BCUT2D eigenvalue weighted by molar-refractivity contribution is 5.89. The van der Waals surface area contributed by atoms with Gasteiger partial charge >= 0.3 is 5.97 Å². The van der Waals surface area contributed by atoms with Gasteiger partial charge in [-0.2, -0.15) is 5.10 Å². The van der Waals surface area contributed by atoms with Crippen molar-refractivity contribution in [3.8, 4) is 0 Å². The minimum atomic E-state index is -0.269. The molecule has 4 heteroatoms. The molecule has 0 aromatic carbocycles. The van der Waals surface area contributed by atoms with Gasteiger partial charge < -0.3 is 4.74 Å². The largest absolute Gasteiger partial charge is 0.461 e. The van der Waals surface area contributed by atoms with E-state index in [9.17, 15) is 4.79 Å². The Labute approximate surface area is 99.7 Å². The fraction of sp³-hybridized carbons (Fsp3) is 0.692. The molecule has 1 heterocycles. The Morgan fingerprint density at radius 3 is 3.06 bits per heavy atom. The number of esters is 1. The lowest BCUT2D eigenvalue weighted by Crippen LogP contribution is -2.08. The van der Waals surface area contributed by atoms with Crippen LogP contribution >= 0.6 is 0 Å². The van der Waals surface area contributed by atoms with Gasteiger partial charge in [0.2, 0.25) is 0 Å². The molecule has 0 radical (unpaired) electrons. The second kappa shape index (κ2) is 3.12. The summed E-state index contributed by atoms with van der Waals surface area (Å²) in [5.74, 6) is 3.05. The summed E-state index contributed by atoms with van der Waals surface area (Å²) in [6.45, 7) is 2.24. The molecular formula is C13H16N2O2. The number of fused-ring (bicyclic) bond motifs is 3. The first-order chi connectivity index (χ1) is 8.31. The van der Waals surface area contributed by atoms with Crippen LogP contribution in [0, 0.1) is 17.8 Å². The molecule has 0 aliphatic heterocycles. The zero-order valence-electron chi connectivity index (χ0n) is 9.90. The Kier molecular flexibility index (Phi) is 1.78. The van der Waals surface area contributed by atoms with E-state index >= 15 is 0 Å². The lowest BCUT2D eigenvalue weighted by molar-refractivity contribution is 0.0518. The number of nitrogens with zero attached hydrogens (tertiary/aromatic N) is 1. The summed E-state index contributed by atoms with van der Waals surface area (Å²) < 4.78 is 5.03. The van der Waals surface area contributed by atoms with E-state index in [4.69, 9.17) is 4.74 Å². The van der Waals surface area contributed by atoms with E-state index in [1.54, 1.807) is 0 Å². The highest BCUT2D eigenvalue weighted by atomic mass is 16.5. The predicted molar refractivity (Wildman–Crippen MR) is 60.7 cm³/mol. The van der Waals surface area contributed by atoms with Crippen LogP contribution in [0.3, 0.4) is 0 Å². The number of carbonyl (C=O) groups excluding carboxylic acids is 1. The third-order valence-electron chi connectivity index (χ3n) is 4.54. The Hall–Kier alpha value is -1.32. The molecule has 17 heavy (non-hydrogen) atoms. The number of hydrogen-bond donors (Lipinski definition) is 1. The fourth-order valence-electron chi connectivity index (χ4n) is 3.66. The molecule has 0 amide bonds. The van der Waals surface area contributed by atoms with Gasteiger partial charge in [-0.1, -0.05) is 0 Å². The van der Waals surface area contributed by atoms with E-state index in [1.165, 1.54) is 18.5 Å². The van der Waals surface area contributed by atoms with Crippen LogP contribution < -0.4 is 0 Å². The van der Waals surface area contributed by atoms with Crippen LogP contribution in [-0.2, 0) is 11.2 Å². The molecule has 4 nitrogen and oxygen atoms in total. The predicted octanol–water partition coefficient (Wildman–Crippen LogP) is 1.88. The maximum absolute atomic E-state index is 11.7. The van der Waals surface area contributed by atoms with Crippen LogP contribution in [0.25, 0.3) is 0 Å². The lowest BCUT2D eigenvalue weighted by Gasteiger charge is -2.03. The summed E-state index contributed by atoms with van der Waals surface area (Å²) in [6, 6.07) is 0. The first-order valence-electron chi connectivity index (χ1n) is 6.55. The van der Waals surface area contributed by atoms with Crippen molar-refractivity contribution in [1.29, 1.82) is 0 Å². The molecular weight excluding hydrogens is 216 g/mol. The van der Waals surface area contributed by atoms with Gasteiger partial charge in [0.1, 0.15) is 0 Å². The molecule has 1 aromatic heterocycles. The summed E-state index contributed by atoms with van der Waals surface area (Å²) >= 11 is 0. The number of aromatic amines is 1. The molecule has 3 aliphatic rings. The van der Waals surface area contributed by atoms with E-state index in [-0.39, 0.29) is 5.97 Å². The Bertz CT molecular complexity index is 490. The molecule has 0 unspecified atom stereocenters. The standard InChI is InChI=1S/C13H16N2O2/c1-2-17-13(16)12-8-5-7-9(6-3-4-6)10(7)11(8)14-15-12/h6-7,9-10H,2-5H2,1H3,(H,14,15)/t7-,9+,10-/m0/s1. The first kappa shape index (κ1) is 9.68. The lowest BCUT2D eigenvalue weighted by atomic mass is 10.0. The highest BCUT2D eigenvalue weighted by Gasteiger charge is 2.62. The maximum Gasteiger partial charge on any atom is 0.359 e. The van der Waals surface area contributed by atoms with Gasteiger partial charge in [-0.15, -0.1) is 0 Å². The van der Waals surface area contributed by atoms with Gasteiger partial charge in [0.15, 0.2) is 5.69 Å². The summed E-state index contributed by atoms with van der Waals surface area (Å²) in [6.07, 6.45) is 3.85. The molecule has 2 fully saturated rings. The quantitative estimate of drug-likeness (QED) is 0.809. The fourth-order valence-corrected chi connectivity index (χ4v) is 3.66. The number of nitrogens with one attached hydrogen (secondary N) is 1. The number of carbonyl (C=O) groups is 1. The van der Waals surface area contributed by atoms with Crippen LogP contribution in [0.1, 0.15) is 47.4 Å². The van der Waals surface area contributed by atoms with E-state index in [2.05, 4.69) is 10.2 Å². The van der Waals surface area contributed by atoms with Gasteiger partial charge in [0, 0.05) is 17.2 Å². The van der Waals surface area contributed by atoms with Gasteiger partial charge in [0.05, 0.1) is 6.61 Å². The van der Waals surface area contributed by atoms with Crippen LogP contribution in [0.4, 0.5) is 0 Å². The molecule has 4 rings (SSSR count). The molecule has 1 aromatic rings. The number of aromatic nitrogens is 2. The molecule has 90 valence electrons. The summed E-state index contributed by atoms with van der Waals surface area (Å²) in [5.41, 5.74) is 2.90. The monoisotopic (exact) mass is 232 g/mol. The Morgan fingerprint density at radius 1 is 1.53 bits per heavy atom. The summed E-state index contributed by atoms with van der Waals surface area (Å²) in [5, 5.41) is 7.23. The maximum atomic E-state index is 11.7. The molecule has 1 N–H and O–H groups in total. The average molecular weight is 232 g/mol. The van der Waals surface area contributed by atoms with E-state index < -0.39 is 0 Å². The summed E-state index contributed by atoms with van der Waals surface area (Å²) in [4.78, 5) is 11.7. The topological polar surface area (TPSA) is 55.0 Å². The number of H-pyrrole nitrogens is 1. The Morgan fingerprint density at radius 2 is 2.35 bits per heavy atom. The molecule has 0 bridgehead atoms. The first-order valence-corrected chi connectivity index (χ1v) is 6.55. The van der Waals surface area contributed by atoms with Crippen molar-refractivity contribution >= 4 is 5.97 Å². The normalized spacial score (nSPS) is 33.1. The highest BCUT2D eigenvalue weighted by Crippen LogP contribution is 2.68. The van der Waals surface area contributed by atoms with Crippen molar-refractivity contribution in [3.63, 3.8) is 0 Å². The third-order valence-corrected chi connectivity index (χ3v) is 4.54. The van der Waals surface area contributed by atoms with Crippen molar-refractivity contribution in [1.82, 2.24) is 10.2 Å². The van der Waals surface area contributed by atoms with Gasteiger partial charge in [-0.25, -0.2) is 4.79 Å². The minimum Gasteiger partial charge on any atom is -0.461 e. The molecule has 3 atom stereocenters. The van der Waals surface area contributed by atoms with E-state index in [0.717, 1.165) is 29.7 Å².